The average Bonchev–Trinajstić information content (AvgIpc) is 3.63. The molecule has 0 aromatic heterocycles. The maximum atomic E-state index is 12.6. The Morgan fingerprint density at radius 2 is 1.79 bits per heavy atom. The summed E-state index contributed by atoms with van der Waals surface area (Å²) in [6.45, 7) is 12.4. The van der Waals surface area contributed by atoms with E-state index in [-0.39, 0.29) is 30.6 Å². The number of nitrogens with one attached hydrogen (secondary N) is 3. The van der Waals surface area contributed by atoms with E-state index in [9.17, 15) is 19.2 Å². The molecular formula is C27H40N4O7. The van der Waals surface area contributed by atoms with Crippen molar-refractivity contribution in [3.8, 4) is 0 Å². The number of methoxy groups -OCH3 is 1. The van der Waals surface area contributed by atoms with Crippen molar-refractivity contribution in [2.45, 2.75) is 58.7 Å². The number of rotatable bonds is 14. The third-order valence-electron chi connectivity index (χ3n) is 5.30. The van der Waals surface area contributed by atoms with E-state index in [1.807, 2.05) is 32.0 Å². The van der Waals surface area contributed by atoms with E-state index in [1.54, 1.807) is 13.8 Å². The van der Waals surface area contributed by atoms with Crippen molar-refractivity contribution in [1.29, 1.82) is 0 Å². The van der Waals surface area contributed by atoms with Gasteiger partial charge in [0.05, 0.1) is 25.8 Å². The molecule has 1 heterocycles. The highest BCUT2D eigenvalue weighted by Crippen LogP contribution is 2.29. The maximum absolute atomic E-state index is 12.6. The van der Waals surface area contributed by atoms with Crippen molar-refractivity contribution >= 4 is 29.7 Å². The number of amides is 3. The molecule has 11 heteroatoms. The van der Waals surface area contributed by atoms with Gasteiger partial charge in [-0.2, -0.15) is 0 Å². The molecule has 1 saturated heterocycles. The summed E-state index contributed by atoms with van der Waals surface area (Å²) in [6.07, 6.45) is 1.77. The van der Waals surface area contributed by atoms with Crippen LogP contribution >= 0.6 is 0 Å². The molecule has 0 radical (unpaired) electrons. The van der Waals surface area contributed by atoms with Crippen molar-refractivity contribution < 1.29 is 33.5 Å². The Morgan fingerprint density at radius 1 is 1.16 bits per heavy atom. The molecule has 1 fully saturated rings. The van der Waals surface area contributed by atoms with Crippen molar-refractivity contribution in [1.82, 2.24) is 16.0 Å². The summed E-state index contributed by atoms with van der Waals surface area (Å²) in [4.78, 5) is 54.1. The zero-order valence-corrected chi connectivity index (χ0v) is 23.0. The van der Waals surface area contributed by atoms with Gasteiger partial charge < -0.3 is 30.3 Å². The van der Waals surface area contributed by atoms with Gasteiger partial charge in [-0.15, -0.1) is 0 Å². The summed E-state index contributed by atoms with van der Waals surface area (Å²) >= 11 is 0. The van der Waals surface area contributed by atoms with Crippen LogP contribution in [0.2, 0.25) is 0 Å². The molecule has 38 heavy (non-hydrogen) atoms. The highest BCUT2D eigenvalue weighted by atomic mass is 16.6. The Labute approximate surface area is 224 Å². The summed E-state index contributed by atoms with van der Waals surface area (Å²) in [5, 5.41) is 10.9. The monoisotopic (exact) mass is 532 g/mol. The van der Waals surface area contributed by atoms with Crippen LogP contribution in [-0.4, -0.2) is 74.3 Å². The van der Waals surface area contributed by atoms with Gasteiger partial charge in [0.1, 0.15) is 11.6 Å². The van der Waals surface area contributed by atoms with E-state index >= 15 is 0 Å². The van der Waals surface area contributed by atoms with Crippen molar-refractivity contribution in [2.24, 2.45) is 11.1 Å². The minimum Gasteiger partial charge on any atom is -0.382 e. The molecule has 0 saturated carbocycles. The first-order chi connectivity index (χ1) is 17.9. The largest absolute Gasteiger partial charge is 0.382 e. The van der Waals surface area contributed by atoms with Crippen LogP contribution in [0, 0.1) is 12.8 Å². The standard InChI is InChI=1S/C20H32N4O7.C7H8/c1-7-22-31-13(4)18(27)24-15(10-29-6)19(28)21-9-16(25)23-14(8-12(2)3)17(26)20(5)11-30-20;1-7-5-3-2-4-6-7/h7,12,14-15H,4,8-11H2,1-3,5-6H3,(H,21,28)(H,23,25)(H,24,27);2-6H,1H3/b22-7-;/t14-,15?,20+;/m0./s1. The van der Waals surface area contributed by atoms with Gasteiger partial charge in [0, 0.05) is 13.3 Å². The molecule has 1 aromatic carbocycles. The highest BCUT2D eigenvalue weighted by Gasteiger charge is 2.50. The first-order valence-corrected chi connectivity index (χ1v) is 12.3. The molecule has 0 spiro atoms. The molecular weight excluding hydrogens is 492 g/mol. The molecule has 3 atom stereocenters. The number of ether oxygens (including phenoxy) is 2. The summed E-state index contributed by atoms with van der Waals surface area (Å²) < 4.78 is 10.1. The lowest BCUT2D eigenvalue weighted by atomic mass is 9.93. The van der Waals surface area contributed by atoms with Crippen LogP contribution in [0.25, 0.3) is 0 Å². The molecule has 11 nitrogen and oxygen atoms in total. The fourth-order valence-corrected chi connectivity index (χ4v) is 3.14. The quantitative estimate of drug-likeness (QED) is 0.108. The molecule has 1 aromatic rings. The maximum Gasteiger partial charge on any atom is 0.289 e. The van der Waals surface area contributed by atoms with Crippen LogP contribution < -0.4 is 16.0 Å². The number of hydrogen-bond acceptors (Lipinski definition) is 8. The summed E-state index contributed by atoms with van der Waals surface area (Å²) in [6, 6.07) is 8.45. The second-order valence-electron chi connectivity index (χ2n) is 9.37. The first kappa shape index (κ1) is 32.5. The molecule has 1 unspecified atom stereocenters. The Bertz CT molecular complexity index is 975. The van der Waals surface area contributed by atoms with E-state index in [2.05, 4.69) is 46.7 Å². The van der Waals surface area contributed by atoms with Crippen molar-refractivity contribution in [3.63, 3.8) is 0 Å². The smallest absolute Gasteiger partial charge is 0.289 e. The molecule has 3 amide bonds. The van der Waals surface area contributed by atoms with Crippen LogP contribution in [-0.2, 0) is 33.5 Å². The predicted molar refractivity (Wildman–Crippen MR) is 143 cm³/mol. The molecule has 2 rings (SSSR count). The second-order valence-corrected chi connectivity index (χ2v) is 9.37. The Kier molecular flexibility index (Phi) is 13.9. The van der Waals surface area contributed by atoms with Crippen molar-refractivity contribution in [2.75, 3.05) is 26.9 Å². The van der Waals surface area contributed by atoms with Gasteiger partial charge in [0.25, 0.3) is 5.91 Å². The number of epoxide rings is 1. The van der Waals surface area contributed by atoms with Gasteiger partial charge >= 0.3 is 0 Å². The van der Waals surface area contributed by atoms with Gasteiger partial charge in [0.2, 0.25) is 17.6 Å². The topological polar surface area (TPSA) is 148 Å². The molecule has 1 aliphatic heterocycles. The minimum absolute atomic E-state index is 0.145. The lowest BCUT2D eigenvalue weighted by Gasteiger charge is -2.22. The minimum atomic E-state index is -1.09. The number of benzene rings is 1. The molecule has 0 aliphatic carbocycles. The molecule has 210 valence electrons. The van der Waals surface area contributed by atoms with Gasteiger partial charge in [0.15, 0.2) is 5.78 Å². The Balaban J connectivity index is 0.000000884. The Hall–Kier alpha value is -3.57. The van der Waals surface area contributed by atoms with Gasteiger partial charge in [-0.05, 0) is 39.7 Å². The average molecular weight is 533 g/mol. The lowest BCUT2D eigenvalue weighted by molar-refractivity contribution is -0.133. The SMILES string of the molecule is C=C(O/N=C\C)C(=O)NC(COC)C(=O)NCC(=O)N[C@@H](CC(C)C)C(=O)[C@@]1(C)CO1.Cc1ccccc1. The zero-order valence-electron chi connectivity index (χ0n) is 23.0. The second kappa shape index (κ2) is 16.3. The Morgan fingerprint density at radius 3 is 2.26 bits per heavy atom. The highest BCUT2D eigenvalue weighted by molar-refractivity contribution is 5.98. The predicted octanol–water partition coefficient (Wildman–Crippen LogP) is 1.65. The third kappa shape index (κ3) is 12.1. The van der Waals surface area contributed by atoms with Crippen LogP contribution in [0.3, 0.4) is 0 Å². The number of nitrogens with zero attached hydrogens (tertiary/aromatic N) is 1. The van der Waals surface area contributed by atoms with E-state index in [0.717, 1.165) is 0 Å². The first-order valence-electron chi connectivity index (χ1n) is 12.3. The van der Waals surface area contributed by atoms with Crippen LogP contribution in [0.15, 0.2) is 47.8 Å². The van der Waals surface area contributed by atoms with Gasteiger partial charge in [-0.25, -0.2) is 0 Å². The fraction of sp³-hybridized carbons (Fsp3) is 0.519. The van der Waals surface area contributed by atoms with Crippen molar-refractivity contribution in [3.05, 3.63) is 48.2 Å². The number of Topliss-reactive ketones (excluding diaryl/α,β-unsaturated/α-hetero) is 1. The third-order valence-corrected chi connectivity index (χ3v) is 5.30. The molecule has 3 N–H and O–H groups in total. The lowest BCUT2D eigenvalue weighted by Crippen LogP contribution is -2.53. The van der Waals surface area contributed by atoms with E-state index in [4.69, 9.17) is 14.3 Å². The van der Waals surface area contributed by atoms with E-state index < -0.39 is 35.4 Å². The number of carbonyl (C=O) groups is 4. The van der Waals surface area contributed by atoms with Gasteiger partial charge in [-0.1, -0.05) is 54.9 Å². The number of hydrogen-bond donors (Lipinski definition) is 3. The molecule has 0 bridgehead atoms. The van der Waals surface area contributed by atoms with Crippen LogP contribution in [0.1, 0.15) is 39.7 Å². The summed E-state index contributed by atoms with van der Waals surface area (Å²) in [5.41, 5.74) is 0.457. The zero-order chi connectivity index (χ0) is 28.7. The number of ketones is 1. The number of oxime groups is 1. The fourth-order valence-electron chi connectivity index (χ4n) is 3.14. The summed E-state index contributed by atoms with van der Waals surface area (Å²) in [5.74, 6) is -2.29. The van der Waals surface area contributed by atoms with Crippen LogP contribution in [0.5, 0.6) is 0 Å². The van der Waals surface area contributed by atoms with E-state index in [1.165, 1.54) is 18.9 Å². The molecule has 1 aliphatic rings. The van der Waals surface area contributed by atoms with Crippen LogP contribution in [0.4, 0.5) is 0 Å². The van der Waals surface area contributed by atoms with Gasteiger partial charge in [-0.3, -0.25) is 19.2 Å². The summed E-state index contributed by atoms with van der Waals surface area (Å²) in [7, 11) is 1.36. The number of aryl methyl sites for hydroxylation is 1. The normalized spacial score (nSPS) is 17.4. The van der Waals surface area contributed by atoms with E-state index in [0.29, 0.717) is 13.0 Å². The number of carbonyl (C=O) groups excluding carboxylic acids is 4.